The van der Waals surface area contributed by atoms with Crippen molar-refractivity contribution >= 4 is 32.9 Å². The highest BCUT2D eigenvalue weighted by atomic mass is 79.9. The number of carboxylic acids is 1. The molecule has 5 nitrogen and oxygen atoms in total. The highest BCUT2D eigenvalue weighted by Gasteiger charge is 2.14. The Morgan fingerprint density at radius 1 is 1.57 bits per heavy atom. The van der Waals surface area contributed by atoms with Crippen molar-refractivity contribution in [3.8, 4) is 0 Å². The molecular formula is C8H6BrN3O2. The van der Waals surface area contributed by atoms with Crippen molar-refractivity contribution in [2.45, 2.75) is 0 Å². The summed E-state index contributed by atoms with van der Waals surface area (Å²) in [4.78, 5) is 10.9. The molecule has 1 aromatic heterocycles. The number of aromatic nitrogens is 3. The molecule has 0 unspecified atom stereocenters. The van der Waals surface area contributed by atoms with Crippen LogP contribution >= 0.6 is 15.9 Å². The Morgan fingerprint density at radius 3 is 2.93 bits per heavy atom. The molecule has 0 spiro atoms. The van der Waals surface area contributed by atoms with Gasteiger partial charge in [-0.05, 0) is 12.1 Å². The van der Waals surface area contributed by atoms with Crippen LogP contribution in [0.1, 0.15) is 10.4 Å². The molecule has 14 heavy (non-hydrogen) atoms. The zero-order valence-electron chi connectivity index (χ0n) is 7.23. The van der Waals surface area contributed by atoms with Crippen molar-refractivity contribution in [1.82, 2.24) is 15.0 Å². The molecule has 0 atom stereocenters. The minimum absolute atomic E-state index is 0.196. The van der Waals surface area contributed by atoms with E-state index in [0.29, 0.717) is 15.5 Å². The monoisotopic (exact) mass is 255 g/mol. The van der Waals surface area contributed by atoms with Crippen LogP contribution < -0.4 is 0 Å². The van der Waals surface area contributed by atoms with Gasteiger partial charge >= 0.3 is 5.97 Å². The summed E-state index contributed by atoms with van der Waals surface area (Å²) in [6.07, 6.45) is 0. The predicted octanol–water partition coefficient (Wildman–Crippen LogP) is 1.43. The Bertz CT molecular complexity index is 521. The van der Waals surface area contributed by atoms with Gasteiger partial charge in [0.15, 0.2) is 0 Å². The van der Waals surface area contributed by atoms with Crippen LogP contribution in [-0.2, 0) is 7.05 Å². The molecule has 72 valence electrons. The van der Waals surface area contributed by atoms with E-state index in [9.17, 15) is 4.79 Å². The highest BCUT2D eigenvalue weighted by molar-refractivity contribution is 9.10. The molecule has 6 heteroatoms. The quantitative estimate of drug-likeness (QED) is 0.837. The maximum atomic E-state index is 10.9. The van der Waals surface area contributed by atoms with Crippen molar-refractivity contribution < 1.29 is 9.90 Å². The van der Waals surface area contributed by atoms with Crippen molar-refractivity contribution in [1.29, 1.82) is 0 Å². The average Bonchev–Trinajstić information content (AvgIpc) is 2.46. The zero-order chi connectivity index (χ0) is 10.3. The van der Waals surface area contributed by atoms with Crippen LogP contribution in [0.25, 0.3) is 11.0 Å². The number of halogens is 1. The number of hydrogen-bond donors (Lipinski definition) is 1. The van der Waals surface area contributed by atoms with Crippen LogP contribution in [0.4, 0.5) is 0 Å². The molecule has 0 aliphatic heterocycles. The fourth-order valence-corrected chi connectivity index (χ4v) is 1.77. The number of nitrogens with zero attached hydrogens (tertiary/aromatic N) is 3. The first kappa shape index (κ1) is 9.14. The first-order chi connectivity index (χ1) is 6.59. The van der Waals surface area contributed by atoms with E-state index in [1.807, 2.05) is 0 Å². The Morgan fingerprint density at radius 2 is 2.29 bits per heavy atom. The highest BCUT2D eigenvalue weighted by Crippen LogP contribution is 2.22. The third kappa shape index (κ3) is 1.27. The second-order valence-corrected chi connectivity index (χ2v) is 3.75. The number of benzene rings is 1. The first-order valence-electron chi connectivity index (χ1n) is 3.82. The average molecular weight is 256 g/mol. The normalized spacial score (nSPS) is 10.7. The molecule has 0 amide bonds. The van der Waals surface area contributed by atoms with E-state index in [2.05, 4.69) is 26.2 Å². The number of fused-ring (bicyclic) bond motifs is 1. The summed E-state index contributed by atoms with van der Waals surface area (Å²) in [5, 5.41) is 16.6. The molecule has 1 heterocycles. The SMILES string of the molecule is Cn1nnc2cc(Br)cc(C(=O)O)c21. The lowest BCUT2D eigenvalue weighted by atomic mass is 10.2. The summed E-state index contributed by atoms with van der Waals surface area (Å²) in [5.74, 6) is -0.985. The zero-order valence-corrected chi connectivity index (χ0v) is 8.82. The summed E-state index contributed by atoms with van der Waals surface area (Å²) >= 11 is 3.22. The third-order valence-electron chi connectivity index (χ3n) is 1.90. The van der Waals surface area contributed by atoms with Gasteiger partial charge < -0.3 is 5.11 Å². The molecule has 0 saturated heterocycles. The summed E-state index contributed by atoms with van der Waals surface area (Å²) in [6.45, 7) is 0. The van der Waals surface area contributed by atoms with Gasteiger partial charge in [0.2, 0.25) is 0 Å². The number of rotatable bonds is 1. The molecule has 2 rings (SSSR count). The van der Waals surface area contributed by atoms with Gasteiger partial charge in [0, 0.05) is 11.5 Å². The lowest BCUT2D eigenvalue weighted by Crippen LogP contribution is -2.01. The summed E-state index contributed by atoms with van der Waals surface area (Å²) in [6, 6.07) is 3.27. The predicted molar refractivity (Wildman–Crippen MR) is 53.2 cm³/mol. The van der Waals surface area contributed by atoms with Crippen LogP contribution in [0.3, 0.4) is 0 Å². The standard InChI is InChI=1S/C8H6BrN3O2/c1-12-7-5(8(13)14)2-4(9)3-6(7)10-11-12/h2-3H,1H3,(H,13,14). The lowest BCUT2D eigenvalue weighted by molar-refractivity contribution is 0.0698. The van der Waals surface area contributed by atoms with Crippen molar-refractivity contribution in [2.75, 3.05) is 0 Å². The van der Waals surface area contributed by atoms with E-state index in [4.69, 9.17) is 5.11 Å². The van der Waals surface area contributed by atoms with E-state index in [-0.39, 0.29) is 5.56 Å². The summed E-state index contributed by atoms with van der Waals surface area (Å²) < 4.78 is 2.13. The van der Waals surface area contributed by atoms with Gasteiger partial charge in [-0.2, -0.15) is 0 Å². The van der Waals surface area contributed by atoms with Gasteiger partial charge in [-0.25, -0.2) is 9.48 Å². The summed E-state index contributed by atoms with van der Waals surface area (Å²) in [7, 11) is 1.66. The molecule has 0 bridgehead atoms. The molecule has 0 radical (unpaired) electrons. The van der Waals surface area contributed by atoms with Crippen LogP contribution in [-0.4, -0.2) is 26.1 Å². The number of carbonyl (C=O) groups is 1. The smallest absolute Gasteiger partial charge is 0.338 e. The molecular weight excluding hydrogens is 250 g/mol. The molecule has 0 fully saturated rings. The minimum atomic E-state index is -0.985. The fourth-order valence-electron chi connectivity index (χ4n) is 1.32. The molecule has 0 saturated carbocycles. The van der Waals surface area contributed by atoms with Gasteiger partial charge in [-0.15, -0.1) is 5.10 Å². The van der Waals surface area contributed by atoms with E-state index in [1.54, 1.807) is 13.1 Å². The van der Waals surface area contributed by atoms with Gasteiger partial charge in [0.25, 0.3) is 0 Å². The van der Waals surface area contributed by atoms with Crippen LogP contribution in [0.5, 0.6) is 0 Å². The Kier molecular flexibility index (Phi) is 1.99. The maximum absolute atomic E-state index is 10.9. The fraction of sp³-hybridized carbons (Fsp3) is 0.125. The number of aromatic carboxylic acids is 1. The Balaban J connectivity index is 2.90. The second-order valence-electron chi connectivity index (χ2n) is 2.84. The first-order valence-corrected chi connectivity index (χ1v) is 4.61. The minimum Gasteiger partial charge on any atom is -0.478 e. The largest absolute Gasteiger partial charge is 0.478 e. The van der Waals surface area contributed by atoms with E-state index in [0.717, 1.165) is 0 Å². The van der Waals surface area contributed by atoms with Crippen molar-refractivity contribution in [2.24, 2.45) is 7.05 Å². The molecule has 0 aliphatic carbocycles. The second kappa shape index (κ2) is 3.06. The molecule has 1 N–H and O–H groups in total. The summed E-state index contributed by atoms with van der Waals surface area (Å²) in [5.41, 5.74) is 1.29. The van der Waals surface area contributed by atoms with E-state index >= 15 is 0 Å². The topological polar surface area (TPSA) is 68.0 Å². The van der Waals surface area contributed by atoms with Gasteiger partial charge in [-0.1, -0.05) is 21.1 Å². The number of aryl methyl sites for hydroxylation is 1. The van der Waals surface area contributed by atoms with Crippen molar-refractivity contribution in [3.63, 3.8) is 0 Å². The third-order valence-corrected chi connectivity index (χ3v) is 2.35. The van der Waals surface area contributed by atoms with Crippen LogP contribution in [0.15, 0.2) is 16.6 Å². The van der Waals surface area contributed by atoms with E-state index < -0.39 is 5.97 Å². The van der Waals surface area contributed by atoms with Crippen LogP contribution in [0, 0.1) is 0 Å². The van der Waals surface area contributed by atoms with Gasteiger partial charge in [0.1, 0.15) is 11.0 Å². The van der Waals surface area contributed by atoms with Gasteiger partial charge in [-0.3, -0.25) is 0 Å². The lowest BCUT2D eigenvalue weighted by Gasteiger charge is -1.99. The molecule has 1 aromatic carbocycles. The van der Waals surface area contributed by atoms with E-state index in [1.165, 1.54) is 10.7 Å². The van der Waals surface area contributed by atoms with Crippen LogP contribution in [0.2, 0.25) is 0 Å². The molecule has 2 aromatic rings. The Labute approximate surface area is 87.5 Å². The number of hydrogen-bond acceptors (Lipinski definition) is 3. The molecule has 0 aliphatic rings. The maximum Gasteiger partial charge on any atom is 0.338 e. The Hall–Kier alpha value is -1.43. The van der Waals surface area contributed by atoms with Gasteiger partial charge in [0.05, 0.1) is 5.56 Å². The number of carboxylic acid groups (broad SMARTS) is 1. The van der Waals surface area contributed by atoms with Crippen molar-refractivity contribution in [3.05, 3.63) is 22.2 Å².